The Balaban J connectivity index is 1.36. The third kappa shape index (κ3) is 6.10. The van der Waals surface area contributed by atoms with Crippen LogP contribution in [0.1, 0.15) is 61.7 Å². The van der Waals surface area contributed by atoms with Gasteiger partial charge < -0.3 is 20.1 Å². The second-order valence-electron chi connectivity index (χ2n) is 9.86. The van der Waals surface area contributed by atoms with Gasteiger partial charge in [0.2, 0.25) is 5.91 Å². The molecule has 2 aliphatic heterocycles. The van der Waals surface area contributed by atoms with Crippen molar-refractivity contribution in [3.05, 3.63) is 34.1 Å². The van der Waals surface area contributed by atoms with E-state index in [1.54, 1.807) is 22.8 Å². The van der Waals surface area contributed by atoms with E-state index in [4.69, 9.17) is 14.5 Å². The number of nitrogens with zero attached hydrogens (tertiary/aromatic N) is 2. The van der Waals surface area contributed by atoms with Crippen LogP contribution in [-0.2, 0) is 20.8 Å². The van der Waals surface area contributed by atoms with Crippen LogP contribution in [-0.4, -0.2) is 65.1 Å². The molecule has 3 aliphatic rings. The van der Waals surface area contributed by atoms with Gasteiger partial charge in [0, 0.05) is 31.4 Å². The summed E-state index contributed by atoms with van der Waals surface area (Å²) in [6, 6.07) is 5.22. The fourth-order valence-electron chi connectivity index (χ4n) is 5.19. The van der Waals surface area contributed by atoms with E-state index in [-0.39, 0.29) is 41.4 Å². The van der Waals surface area contributed by atoms with Gasteiger partial charge in [0.1, 0.15) is 0 Å². The summed E-state index contributed by atoms with van der Waals surface area (Å²) in [5.41, 5.74) is 0.715. The molecule has 0 radical (unpaired) electrons. The van der Waals surface area contributed by atoms with Crippen molar-refractivity contribution in [1.82, 2.24) is 20.2 Å². The first-order valence-electron chi connectivity index (χ1n) is 13.0. The monoisotopic (exact) mass is 514 g/mol. The predicted molar refractivity (Wildman–Crippen MR) is 137 cm³/mol. The molecule has 1 aromatic carbocycles. The molecule has 2 saturated heterocycles. The van der Waals surface area contributed by atoms with Crippen molar-refractivity contribution in [1.29, 1.82) is 0 Å². The molecule has 1 aliphatic carbocycles. The largest absolute Gasteiger partial charge is 0.376 e. The summed E-state index contributed by atoms with van der Waals surface area (Å²) in [6.45, 7) is 2.29. The lowest BCUT2D eigenvalue weighted by molar-refractivity contribution is -0.119. The minimum atomic E-state index is -0.220. The van der Waals surface area contributed by atoms with E-state index in [1.165, 1.54) is 11.8 Å². The number of rotatable bonds is 9. The lowest BCUT2D eigenvalue weighted by atomic mass is 10.1. The van der Waals surface area contributed by atoms with Crippen LogP contribution in [0, 0.1) is 0 Å². The first-order valence-corrected chi connectivity index (χ1v) is 14.0. The second kappa shape index (κ2) is 11.7. The molecule has 0 bridgehead atoms. The Kier molecular flexibility index (Phi) is 8.23. The van der Waals surface area contributed by atoms with Gasteiger partial charge in [-0.15, -0.1) is 0 Å². The number of thioether (sulfide) groups is 1. The summed E-state index contributed by atoms with van der Waals surface area (Å²) in [5.74, 6) is -0.0864. The van der Waals surface area contributed by atoms with Gasteiger partial charge in [0.25, 0.3) is 11.5 Å². The minimum Gasteiger partial charge on any atom is -0.376 e. The van der Waals surface area contributed by atoms with E-state index in [1.807, 2.05) is 0 Å². The molecule has 2 amide bonds. The van der Waals surface area contributed by atoms with E-state index in [9.17, 15) is 14.4 Å². The highest BCUT2D eigenvalue weighted by Gasteiger charge is 2.23. The molecule has 1 aromatic heterocycles. The van der Waals surface area contributed by atoms with Gasteiger partial charge in [-0.05, 0) is 56.7 Å². The number of nitrogens with one attached hydrogen (secondary N) is 2. The maximum atomic E-state index is 13.5. The Hall–Kier alpha value is -2.43. The van der Waals surface area contributed by atoms with Crippen LogP contribution < -0.4 is 16.2 Å². The number of benzene rings is 1. The Labute approximate surface area is 214 Å². The normalized spacial score (nSPS) is 22.3. The van der Waals surface area contributed by atoms with Gasteiger partial charge in [0.05, 0.1) is 35.4 Å². The zero-order valence-electron chi connectivity index (χ0n) is 20.5. The Bertz CT molecular complexity index is 1150. The fraction of sp³-hybridized carbons (Fsp3) is 0.615. The molecule has 0 spiro atoms. The Morgan fingerprint density at radius 2 is 1.78 bits per heavy atom. The standard InChI is InChI=1S/C26H34N4O5S/c31-23(28-18-5-1-2-6-18)16-36-26-29-22-13-17(24(32)27-14-19-7-3-11-34-19)9-10-21(22)25(33)30(26)15-20-8-4-12-35-20/h9-10,13,18-20H,1-8,11-12,14-16H2,(H,27,32)(H,28,31)/t19-,20+/m0/s1. The van der Waals surface area contributed by atoms with E-state index in [0.717, 1.165) is 58.0 Å². The van der Waals surface area contributed by atoms with Crippen molar-refractivity contribution >= 4 is 34.5 Å². The van der Waals surface area contributed by atoms with E-state index < -0.39 is 0 Å². The number of amides is 2. The van der Waals surface area contributed by atoms with Crippen LogP contribution >= 0.6 is 11.8 Å². The number of hydrogen-bond acceptors (Lipinski definition) is 7. The summed E-state index contributed by atoms with van der Waals surface area (Å²) < 4.78 is 13.0. The number of aromatic nitrogens is 2. The number of carbonyl (C=O) groups excluding carboxylic acids is 2. The van der Waals surface area contributed by atoms with E-state index in [2.05, 4.69) is 10.6 Å². The van der Waals surface area contributed by atoms with E-state index >= 15 is 0 Å². The van der Waals surface area contributed by atoms with Gasteiger partial charge in [-0.1, -0.05) is 24.6 Å². The van der Waals surface area contributed by atoms with Crippen molar-refractivity contribution in [3.63, 3.8) is 0 Å². The smallest absolute Gasteiger partial charge is 0.262 e. The van der Waals surface area contributed by atoms with Crippen molar-refractivity contribution in [2.45, 2.75) is 81.3 Å². The average Bonchev–Trinajstić information content (AvgIpc) is 3.67. The highest BCUT2D eigenvalue weighted by Crippen LogP contribution is 2.23. The van der Waals surface area contributed by atoms with Gasteiger partial charge in [0.15, 0.2) is 5.16 Å². The molecule has 9 nitrogen and oxygen atoms in total. The van der Waals surface area contributed by atoms with Crippen molar-refractivity contribution in [3.8, 4) is 0 Å². The maximum absolute atomic E-state index is 13.5. The highest BCUT2D eigenvalue weighted by molar-refractivity contribution is 7.99. The van der Waals surface area contributed by atoms with Crippen LogP contribution in [0.15, 0.2) is 28.2 Å². The second-order valence-corrected chi connectivity index (χ2v) is 10.8. The SMILES string of the molecule is O=C(CSc1nc2cc(C(=O)NC[C@@H]3CCCO3)ccc2c(=O)n1C[C@H]1CCCO1)NC1CCCC1. The molecule has 10 heteroatoms. The lowest BCUT2D eigenvalue weighted by Gasteiger charge is -2.17. The molecule has 2 N–H and O–H groups in total. The van der Waals surface area contributed by atoms with Crippen LogP contribution in [0.25, 0.3) is 10.9 Å². The molecule has 5 rings (SSSR count). The molecule has 1 saturated carbocycles. The molecule has 0 unspecified atom stereocenters. The zero-order valence-corrected chi connectivity index (χ0v) is 21.3. The number of fused-ring (bicyclic) bond motifs is 1. The third-order valence-electron chi connectivity index (χ3n) is 7.16. The van der Waals surface area contributed by atoms with Gasteiger partial charge >= 0.3 is 0 Å². The topological polar surface area (TPSA) is 112 Å². The van der Waals surface area contributed by atoms with Crippen LogP contribution in [0.4, 0.5) is 0 Å². The molecule has 3 fully saturated rings. The predicted octanol–water partition coefficient (Wildman–Crippen LogP) is 2.64. The minimum absolute atomic E-state index is 0.0449. The lowest BCUT2D eigenvalue weighted by Crippen LogP contribution is -2.34. The van der Waals surface area contributed by atoms with E-state index in [0.29, 0.717) is 41.3 Å². The van der Waals surface area contributed by atoms with Crippen molar-refractivity contribution < 1.29 is 19.1 Å². The number of carbonyl (C=O) groups is 2. The molecule has 2 atom stereocenters. The Morgan fingerprint density at radius 3 is 2.50 bits per heavy atom. The van der Waals surface area contributed by atoms with Gasteiger partial charge in [-0.2, -0.15) is 0 Å². The highest BCUT2D eigenvalue weighted by atomic mass is 32.2. The van der Waals surface area contributed by atoms with Crippen molar-refractivity contribution in [2.24, 2.45) is 0 Å². The first kappa shape index (κ1) is 25.2. The quantitative estimate of drug-likeness (QED) is 0.391. The summed E-state index contributed by atoms with van der Waals surface area (Å²) >= 11 is 1.26. The molecular weight excluding hydrogens is 480 g/mol. The van der Waals surface area contributed by atoms with Crippen molar-refractivity contribution in [2.75, 3.05) is 25.5 Å². The summed E-state index contributed by atoms with van der Waals surface area (Å²) in [5, 5.41) is 6.93. The fourth-order valence-corrected chi connectivity index (χ4v) is 6.01. The molecule has 36 heavy (non-hydrogen) atoms. The summed E-state index contributed by atoms with van der Waals surface area (Å²) in [4.78, 5) is 43.5. The maximum Gasteiger partial charge on any atom is 0.262 e. The first-order chi connectivity index (χ1) is 17.6. The average molecular weight is 515 g/mol. The summed E-state index contributed by atoms with van der Waals surface area (Å²) in [7, 11) is 0. The number of ether oxygens (including phenoxy) is 2. The number of hydrogen-bond donors (Lipinski definition) is 2. The Morgan fingerprint density at radius 1 is 1.03 bits per heavy atom. The van der Waals surface area contributed by atoms with Gasteiger partial charge in [-0.25, -0.2) is 4.98 Å². The summed E-state index contributed by atoms with van der Waals surface area (Å²) in [6.07, 6.45) is 8.16. The molecule has 3 heterocycles. The molecular formula is C26H34N4O5S. The third-order valence-corrected chi connectivity index (χ3v) is 8.14. The van der Waals surface area contributed by atoms with Crippen LogP contribution in [0.3, 0.4) is 0 Å². The zero-order chi connectivity index (χ0) is 24.9. The van der Waals surface area contributed by atoms with Gasteiger partial charge in [-0.3, -0.25) is 19.0 Å². The molecule has 194 valence electrons. The van der Waals surface area contributed by atoms with Crippen LogP contribution in [0.2, 0.25) is 0 Å². The van der Waals surface area contributed by atoms with Crippen LogP contribution in [0.5, 0.6) is 0 Å². The molecule has 2 aromatic rings.